The molecule has 150 valence electrons. The van der Waals surface area contributed by atoms with Crippen molar-refractivity contribution >= 4 is 33.4 Å². The van der Waals surface area contributed by atoms with Crippen molar-refractivity contribution in [1.29, 1.82) is 0 Å². The van der Waals surface area contributed by atoms with Gasteiger partial charge in [-0.05, 0) is 17.7 Å². The minimum Gasteiger partial charge on any atom is -0.507 e. The summed E-state index contributed by atoms with van der Waals surface area (Å²) in [7, 11) is 0. The Labute approximate surface area is 177 Å². The molecule has 1 unspecified atom stereocenters. The average molecular weight is 457 g/mol. The number of carbonyl (C=O) groups is 2. The molecular formula is C22H21BrN2O4. The number of carbonyl (C=O) groups excluding carboxylic acids is 2. The first-order chi connectivity index (χ1) is 14.1. The third kappa shape index (κ3) is 3.99. The monoisotopic (exact) mass is 456 g/mol. The van der Waals surface area contributed by atoms with Gasteiger partial charge in [0.2, 0.25) is 0 Å². The molecule has 2 aromatic carbocycles. The summed E-state index contributed by atoms with van der Waals surface area (Å²) in [6.45, 7) is 2.87. The summed E-state index contributed by atoms with van der Waals surface area (Å²) in [5, 5.41) is 11.0. The van der Waals surface area contributed by atoms with Crippen LogP contribution in [0.25, 0.3) is 5.76 Å². The first-order valence-electron chi connectivity index (χ1n) is 9.45. The molecule has 0 spiro atoms. The molecule has 0 aromatic heterocycles. The number of likely N-dealkylation sites (tertiary alicyclic amines) is 1. The molecule has 4 rings (SSSR count). The van der Waals surface area contributed by atoms with Crippen LogP contribution >= 0.6 is 15.9 Å². The van der Waals surface area contributed by atoms with Gasteiger partial charge in [0.15, 0.2) is 0 Å². The Balaban J connectivity index is 1.79. The number of morpholine rings is 1. The lowest BCUT2D eigenvalue weighted by molar-refractivity contribution is -0.141. The normalized spacial score (nSPS) is 22.2. The van der Waals surface area contributed by atoms with Crippen molar-refractivity contribution in [3.05, 3.63) is 75.8 Å². The van der Waals surface area contributed by atoms with Gasteiger partial charge in [-0.2, -0.15) is 0 Å². The van der Waals surface area contributed by atoms with Crippen molar-refractivity contribution in [1.82, 2.24) is 9.80 Å². The molecular weight excluding hydrogens is 436 g/mol. The van der Waals surface area contributed by atoms with Crippen molar-refractivity contribution in [2.75, 3.05) is 33.0 Å². The van der Waals surface area contributed by atoms with Gasteiger partial charge in [-0.3, -0.25) is 14.5 Å². The number of benzene rings is 2. The van der Waals surface area contributed by atoms with Crippen LogP contribution in [-0.4, -0.2) is 59.6 Å². The van der Waals surface area contributed by atoms with E-state index in [1.807, 2.05) is 30.3 Å². The van der Waals surface area contributed by atoms with E-state index in [1.165, 1.54) is 0 Å². The number of hydrogen-bond donors (Lipinski definition) is 1. The van der Waals surface area contributed by atoms with Crippen molar-refractivity contribution < 1.29 is 19.4 Å². The third-order valence-electron chi connectivity index (χ3n) is 5.23. The fourth-order valence-electron chi connectivity index (χ4n) is 3.73. The summed E-state index contributed by atoms with van der Waals surface area (Å²) in [4.78, 5) is 29.5. The number of Topliss-reactive ketones (excluding diaryl/α,β-unsaturated/α-hetero) is 1. The molecule has 1 atom stereocenters. The van der Waals surface area contributed by atoms with E-state index in [4.69, 9.17) is 4.74 Å². The number of amides is 1. The van der Waals surface area contributed by atoms with Gasteiger partial charge in [-0.25, -0.2) is 0 Å². The summed E-state index contributed by atoms with van der Waals surface area (Å²) in [5.41, 5.74) is 1.41. The highest BCUT2D eigenvalue weighted by Gasteiger charge is 2.46. The molecule has 29 heavy (non-hydrogen) atoms. The van der Waals surface area contributed by atoms with Gasteiger partial charge in [0.05, 0.1) is 31.5 Å². The molecule has 1 amide bonds. The Morgan fingerprint density at radius 2 is 1.69 bits per heavy atom. The van der Waals surface area contributed by atoms with Gasteiger partial charge in [0.1, 0.15) is 5.76 Å². The maximum Gasteiger partial charge on any atom is 0.296 e. The zero-order chi connectivity index (χ0) is 20.4. The molecule has 1 N–H and O–H groups in total. The summed E-state index contributed by atoms with van der Waals surface area (Å²) < 4.78 is 6.29. The van der Waals surface area contributed by atoms with Gasteiger partial charge in [-0.1, -0.05) is 58.4 Å². The van der Waals surface area contributed by atoms with E-state index in [9.17, 15) is 14.7 Å². The molecule has 0 radical (unpaired) electrons. The standard InChI is InChI=1S/C22H21BrN2O4/c23-17-8-6-15(7-9-17)19-18(20(26)16-4-2-1-3-5-16)21(27)22(28)25(19)14-24-10-12-29-13-11-24/h1-9,19,26H,10-14H2. The number of ketones is 1. The predicted molar refractivity (Wildman–Crippen MR) is 112 cm³/mol. The highest BCUT2D eigenvalue weighted by Crippen LogP contribution is 2.39. The number of aliphatic hydroxyl groups excluding tert-OH is 1. The van der Waals surface area contributed by atoms with Crippen LogP contribution in [0, 0.1) is 0 Å². The van der Waals surface area contributed by atoms with E-state index in [0.29, 0.717) is 38.5 Å². The van der Waals surface area contributed by atoms with Crippen LogP contribution in [0.3, 0.4) is 0 Å². The van der Waals surface area contributed by atoms with Gasteiger partial charge in [-0.15, -0.1) is 0 Å². The molecule has 2 saturated heterocycles. The molecule has 0 aliphatic carbocycles. The summed E-state index contributed by atoms with van der Waals surface area (Å²) in [6, 6.07) is 15.7. The van der Waals surface area contributed by atoms with E-state index in [1.54, 1.807) is 29.2 Å². The molecule has 0 saturated carbocycles. The molecule has 2 fully saturated rings. The van der Waals surface area contributed by atoms with E-state index in [2.05, 4.69) is 20.8 Å². The highest BCUT2D eigenvalue weighted by molar-refractivity contribution is 9.10. The second-order valence-electron chi connectivity index (χ2n) is 7.06. The lowest BCUT2D eigenvalue weighted by atomic mass is 9.95. The number of ether oxygens (including phenoxy) is 1. The molecule has 2 aliphatic rings. The second-order valence-corrected chi connectivity index (χ2v) is 7.97. The van der Waals surface area contributed by atoms with Crippen molar-refractivity contribution in [2.45, 2.75) is 6.04 Å². The van der Waals surface area contributed by atoms with Crippen LogP contribution in [0.2, 0.25) is 0 Å². The number of rotatable bonds is 4. The number of hydrogen-bond acceptors (Lipinski definition) is 5. The van der Waals surface area contributed by atoms with Crippen molar-refractivity contribution in [3.8, 4) is 0 Å². The third-order valence-corrected chi connectivity index (χ3v) is 5.76. The van der Waals surface area contributed by atoms with Crippen LogP contribution < -0.4 is 0 Å². The molecule has 7 heteroatoms. The number of halogens is 1. The van der Waals surface area contributed by atoms with E-state index < -0.39 is 17.7 Å². The van der Waals surface area contributed by atoms with E-state index >= 15 is 0 Å². The van der Waals surface area contributed by atoms with Crippen LogP contribution in [0.1, 0.15) is 17.2 Å². The smallest absolute Gasteiger partial charge is 0.296 e. The van der Waals surface area contributed by atoms with Gasteiger partial charge in [0, 0.05) is 23.1 Å². The molecule has 2 aliphatic heterocycles. The Bertz CT molecular complexity index is 937. The number of nitrogens with zero attached hydrogens (tertiary/aromatic N) is 2. The van der Waals surface area contributed by atoms with Crippen molar-refractivity contribution in [3.63, 3.8) is 0 Å². The lowest BCUT2D eigenvalue weighted by Crippen LogP contribution is -2.45. The zero-order valence-corrected chi connectivity index (χ0v) is 17.3. The molecule has 0 bridgehead atoms. The number of aliphatic hydroxyl groups is 1. The van der Waals surface area contributed by atoms with Gasteiger partial charge in [0.25, 0.3) is 11.7 Å². The first kappa shape index (κ1) is 19.8. The predicted octanol–water partition coefficient (Wildman–Crippen LogP) is 3.16. The lowest BCUT2D eigenvalue weighted by Gasteiger charge is -2.33. The molecule has 2 heterocycles. The van der Waals surface area contributed by atoms with Gasteiger partial charge < -0.3 is 14.7 Å². The van der Waals surface area contributed by atoms with Crippen molar-refractivity contribution in [2.24, 2.45) is 0 Å². The minimum atomic E-state index is -0.660. The topological polar surface area (TPSA) is 70.1 Å². The molecule has 2 aromatic rings. The minimum absolute atomic E-state index is 0.122. The highest BCUT2D eigenvalue weighted by atomic mass is 79.9. The summed E-state index contributed by atoms with van der Waals surface area (Å²) in [5.74, 6) is -1.41. The maximum absolute atomic E-state index is 13.0. The van der Waals surface area contributed by atoms with Crippen LogP contribution in [0.15, 0.2) is 64.6 Å². The Kier molecular flexibility index (Phi) is 5.80. The van der Waals surface area contributed by atoms with Crippen LogP contribution in [0.5, 0.6) is 0 Å². The Morgan fingerprint density at radius 1 is 1.03 bits per heavy atom. The summed E-state index contributed by atoms with van der Waals surface area (Å²) >= 11 is 3.42. The van der Waals surface area contributed by atoms with E-state index in [-0.39, 0.29) is 11.3 Å². The SMILES string of the molecule is O=C1C(=O)N(CN2CCOCC2)C(c2ccc(Br)cc2)C1=C(O)c1ccccc1. The summed E-state index contributed by atoms with van der Waals surface area (Å²) in [6.07, 6.45) is 0. The zero-order valence-electron chi connectivity index (χ0n) is 15.8. The fourth-order valence-corrected chi connectivity index (χ4v) is 3.99. The average Bonchev–Trinajstić information content (AvgIpc) is 3.00. The maximum atomic E-state index is 13.0. The van der Waals surface area contributed by atoms with Gasteiger partial charge >= 0.3 is 0 Å². The first-order valence-corrected chi connectivity index (χ1v) is 10.2. The van der Waals surface area contributed by atoms with Crippen LogP contribution in [-0.2, 0) is 14.3 Å². The Hall–Kier alpha value is -2.48. The fraction of sp³-hybridized carbons (Fsp3) is 0.273. The Morgan fingerprint density at radius 3 is 2.34 bits per heavy atom. The molecule has 6 nitrogen and oxygen atoms in total. The van der Waals surface area contributed by atoms with E-state index in [0.717, 1.165) is 10.0 Å². The quantitative estimate of drug-likeness (QED) is 0.434. The van der Waals surface area contributed by atoms with Crippen LogP contribution in [0.4, 0.5) is 0 Å². The largest absolute Gasteiger partial charge is 0.507 e. The second kappa shape index (κ2) is 8.49.